The normalized spacial score (nSPS) is 10.8. The van der Waals surface area contributed by atoms with Crippen LogP contribution in [0.4, 0.5) is 5.82 Å². The van der Waals surface area contributed by atoms with E-state index in [-0.39, 0.29) is 17.8 Å². The van der Waals surface area contributed by atoms with Crippen molar-refractivity contribution in [3.8, 4) is 11.8 Å². The number of anilines is 1. The molecule has 32 heavy (non-hydrogen) atoms. The zero-order chi connectivity index (χ0) is 23.3. The summed E-state index contributed by atoms with van der Waals surface area (Å²) in [6.45, 7) is 8.27. The van der Waals surface area contributed by atoms with Crippen LogP contribution in [0, 0.1) is 31.1 Å². The summed E-state index contributed by atoms with van der Waals surface area (Å²) in [4.78, 5) is 24.8. The lowest BCUT2D eigenvalue weighted by Crippen LogP contribution is -2.23. The van der Waals surface area contributed by atoms with Gasteiger partial charge in [0.15, 0.2) is 12.4 Å². The third kappa shape index (κ3) is 5.21. The molecule has 0 fully saturated rings. The average molecular weight is 435 g/mol. The minimum absolute atomic E-state index is 0.0361. The quantitative estimate of drug-likeness (QED) is 0.545. The summed E-state index contributed by atoms with van der Waals surface area (Å²) >= 11 is 0. The van der Waals surface area contributed by atoms with Crippen LogP contribution in [0.5, 0.6) is 0 Å². The molecule has 0 unspecified atom stereocenters. The van der Waals surface area contributed by atoms with Gasteiger partial charge in [0.1, 0.15) is 11.6 Å². The number of carbonyl (C=O) groups excluding carboxylic acids is 2. The van der Waals surface area contributed by atoms with E-state index in [0.29, 0.717) is 11.6 Å². The topological polar surface area (TPSA) is 115 Å². The molecule has 1 aromatic carbocycles. The fourth-order valence-electron chi connectivity index (χ4n) is 3.34. The molecule has 0 saturated carbocycles. The maximum atomic E-state index is 12.4. The van der Waals surface area contributed by atoms with Crippen molar-refractivity contribution in [1.82, 2.24) is 19.6 Å². The van der Waals surface area contributed by atoms with Crippen molar-refractivity contribution in [1.29, 1.82) is 5.26 Å². The Bertz CT molecular complexity index is 1150. The van der Waals surface area contributed by atoms with E-state index in [1.54, 1.807) is 12.1 Å². The van der Waals surface area contributed by atoms with Gasteiger partial charge >= 0.3 is 5.97 Å². The number of para-hydroxylation sites is 1. The summed E-state index contributed by atoms with van der Waals surface area (Å²) < 4.78 is 8.52. The van der Waals surface area contributed by atoms with Crippen molar-refractivity contribution >= 4 is 17.7 Å². The van der Waals surface area contributed by atoms with Gasteiger partial charge in [0.25, 0.3) is 5.91 Å². The Balaban J connectivity index is 1.63. The average Bonchev–Trinajstić information content (AvgIpc) is 3.28. The fourth-order valence-corrected chi connectivity index (χ4v) is 3.34. The van der Waals surface area contributed by atoms with Crippen LogP contribution in [0.3, 0.4) is 0 Å². The number of nitrogens with zero attached hydrogens (tertiary/aromatic N) is 5. The molecule has 0 aliphatic heterocycles. The molecule has 3 aromatic rings. The number of aromatic nitrogens is 4. The highest BCUT2D eigenvalue weighted by molar-refractivity contribution is 5.93. The van der Waals surface area contributed by atoms with Crippen molar-refractivity contribution in [2.45, 2.75) is 40.7 Å². The first kappa shape index (κ1) is 22.7. The van der Waals surface area contributed by atoms with Crippen LogP contribution in [-0.4, -0.2) is 38.0 Å². The maximum Gasteiger partial charge on any atom is 0.310 e. The number of rotatable bonds is 8. The molecule has 166 valence electrons. The minimum Gasteiger partial charge on any atom is -0.455 e. The molecular weight excluding hydrogens is 408 g/mol. The summed E-state index contributed by atoms with van der Waals surface area (Å²) in [6, 6.07) is 11.1. The van der Waals surface area contributed by atoms with E-state index in [2.05, 4.69) is 29.4 Å². The van der Waals surface area contributed by atoms with Crippen molar-refractivity contribution < 1.29 is 14.3 Å². The van der Waals surface area contributed by atoms with Gasteiger partial charge in [-0.15, -0.1) is 0 Å². The molecule has 9 heteroatoms. The number of nitriles is 1. The van der Waals surface area contributed by atoms with E-state index in [9.17, 15) is 14.9 Å². The highest BCUT2D eigenvalue weighted by Gasteiger charge is 2.19. The molecule has 0 aliphatic carbocycles. The van der Waals surface area contributed by atoms with Gasteiger partial charge in [-0.2, -0.15) is 15.5 Å². The number of amides is 1. The molecule has 9 nitrogen and oxygen atoms in total. The summed E-state index contributed by atoms with van der Waals surface area (Å²) in [7, 11) is 0. The van der Waals surface area contributed by atoms with Gasteiger partial charge in [-0.1, -0.05) is 32.0 Å². The number of carbonyl (C=O) groups is 2. The van der Waals surface area contributed by atoms with Crippen molar-refractivity contribution in [3.63, 3.8) is 0 Å². The summed E-state index contributed by atoms with van der Waals surface area (Å²) in [5, 5.41) is 20.6. The van der Waals surface area contributed by atoms with Crippen molar-refractivity contribution in [3.05, 3.63) is 59.0 Å². The molecule has 0 bridgehead atoms. The Labute approximate surface area is 186 Å². The molecule has 1 amide bonds. The Morgan fingerprint density at radius 1 is 1.22 bits per heavy atom. The van der Waals surface area contributed by atoms with Gasteiger partial charge in [-0.25, -0.2) is 4.68 Å². The zero-order valence-corrected chi connectivity index (χ0v) is 18.6. The molecule has 0 atom stereocenters. The summed E-state index contributed by atoms with van der Waals surface area (Å²) in [5.41, 5.74) is 3.39. The van der Waals surface area contributed by atoms with Crippen molar-refractivity contribution in [2.24, 2.45) is 5.92 Å². The number of esters is 1. The molecule has 2 aromatic heterocycles. The van der Waals surface area contributed by atoms with Crippen LogP contribution < -0.4 is 5.32 Å². The highest BCUT2D eigenvalue weighted by Crippen LogP contribution is 2.20. The van der Waals surface area contributed by atoms with Crippen LogP contribution in [0.1, 0.15) is 36.4 Å². The first-order chi connectivity index (χ1) is 15.3. The van der Waals surface area contributed by atoms with Gasteiger partial charge in [0, 0.05) is 17.8 Å². The van der Waals surface area contributed by atoms with Gasteiger partial charge in [-0.05, 0) is 31.9 Å². The Morgan fingerprint density at radius 2 is 1.94 bits per heavy atom. The minimum atomic E-state index is -0.559. The molecule has 3 rings (SSSR count). The molecule has 0 aliphatic rings. The largest absolute Gasteiger partial charge is 0.455 e. The first-order valence-electron chi connectivity index (χ1n) is 10.3. The molecule has 0 saturated heterocycles. The Morgan fingerprint density at radius 3 is 2.59 bits per heavy atom. The zero-order valence-electron chi connectivity index (χ0n) is 18.6. The second kappa shape index (κ2) is 9.92. The standard InChI is InChI=1S/C23H26N6O3/c1-15(2)13-28-17(4)20(16(3)27-28)10-22(31)32-14-21(30)26-23-18(11-24)12-25-29(23)19-8-6-5-7-9-19/h5-9,12,15H,10,13-14H2,1-4H3,(H,26,30). The number of hydrogen-bond acceptors (Lipinski definition) is 6. The van der Waals surface area contributed by atoms with E-state index in [1.807, 2.05) is 42.8 Å². The number of nitrogens with one attached hydrogen (secondary N) is 1. The predicted molar refractivity (Wildman–Crippen MR) is 118 cm³/mol. The molecule has 2 heterocycles. The highest BCUT2D eigenvalue weighted by atomic mass is 16.5. The van der Waals surface area contributed by atoms with E-state index in [1.165, 1.54) is 10.9 Å². The Hall–Kier alpha value is -3.93. The van der Waals surface area contributed by atoms with E-state index in [0.717, 1.165) is 23.5 Å². The van der Waals surface area contributed by atoms with Crippen molar-refractivity contribution in [2.75, 3.05) is 11.9 Å². The lowest BCUT2D eigenvalue weighted by Gasteiger charge is -2.10. The lowest BCUT2D eigenvalue weighted by atomic mass is 10.1. The molecule has 0 radical (unpaired) electrons. The van der Waals surface area contributed by atoms with Crippen LogP contribution >= 0.6 is 0 Å². The Kier molecular flexibility index (Phi) is 7.05. The predicted octanol–water partition coefficient (Wildman–Crippen LogP) is 2.94. The third-order valence-electron chi connectivity index (χ3n) is 4.90. The number of aryl methyl sites for hydroxylation is 1. The lowest BCUT2D eigenvalue weighted by molar-refractivity contribution is -0.146. The van der Waals surface area contributed by atoms with Crippen LogP contribution in [0.15, 0.2) is 36.5 Å². The van der Waals surface area contributed by atoms with E-state index < -0.39 is 18.5 Å². The molecular formula is C23H26N6O3. The number of ether oxygens (including phenoxy) is 1. The van der Waals surface area contributed by atoms with Crippen LogP contribution in [0.25, 0.3) is 5.69 Å². The second-order valence-electron chi connectivity index (χ2n) is 7.88. The van der Waals surface area contributed by atoms with E-state index >= 15 is 0 Å². The first-order valence-corrected chi connectivity index (χ1v) is 10.3. The number of benzene rings is 1. The SMILES string of the molecule is Cc1nn(CC(C)C)c(C)c1CC(=O)OCC(=O)Nc1c(C#N)cnn1-c1ccccc1. The van der Waals surface area contributed by atoms with Crippen LogP contribution in [-0.2, 0) is 27.3 Å². The van der Waals surface area contributed by atoms with Gasteiger partial charge in [-0.3, -0.25) is 14.3 Å². The molecule has 1 N–H and O–H groups in total. The second-order valence-corrected chi connectivity index (χ2v) is 7.88. The summed E-state index contributed by atoms with van der Waals surface area (Å²) in [5.74, 6) is -0.426. The smallest absolute Gasteiger partial charge is 0.310 e. The summed E-state index contributed by atoms with van der Waals surface area (Å²) in [6.07, 6.45) is 1.41. The maximum absolute atomic E-state index is 12.4. The van der Waals surface area contributed by atoms with Gasteiger partial charge in [0.2, 0.25) is 0 Å². The monoisotopic (exact) mass is 434 g/mol. The van der Waals surface area contributed by atoms with E-state index in [4.69, 9.17) is 4.74 Å². The van der Waals surface area contributed by atoms with Crippen LogP contribution in [0.2, 0.25) is 0 Å². The van der Waals surface area contributed by atoms with Gasteiger partial charge in [0.05, 0.1) is 24.0 Å². The third-order valence-corrected chi connectivity index (χ3v) is 4.90. The fraction of sp³-hybridized carbons (Fsp3) is 0.348. The van der Waals surface area contributed by atoms with Gasteiger partial charge < -0.3 is 10.1 Å². The number of hydrogen-bond donors (Lipinski definition) is 1. The molecule has 0 spiro atoms.